The van der Waals surface area contributed by atoms with Gasteiger partial charge in [0.1, 0.15) is 16.4 Å². The molecular weight excluding hydrogens is 410 g/mol. The maximum atomic E-state index is 13.1. The summed E-state index contributed by atoms with van der Waals surface area (Å²) in [6, 6.07) is 27.6. The van der Waals surface area contributed by atoms with Crippen molar-refractivity contribution in [1.29, 1.82) is 0 Å². The Balaban J connectivity index is 1.64. The summed E-state index contributed by atoms with van der Waals surface area (Å²) in [6.07, 6.45) is 0. The second kappa shape index (κ2) is 9.28. The highest BCUT2D eigenvalue weighted by molar-refractivity contribution is 7.18. The van der Waals surface area contributed by atoms with Crippen LogP contribution in [0.4, 0.5) is 5.69 Å². The average Bonchev–Trinajstić information content (AvgIpc) is 3.24. The predicted molar refractivity (Wildman–Crippen MR) is 122 cm³/mol. The Morgan fingerprint density at radius 1 is 0.839 bits per heavy atom. The van der Waals surface area contributed by atoms with Gasteiger partial charge in [-0.1, -0.05) is 60.7 Å². The van der Waals surface area contributed by atoms with Gasteiger partial charge in [-0.3, -0.25) is 4.79 Å². The molecule has 0 aliphatic carbocycles. The lowest BCUT2D eigenvalue weighted by atomic mass is 10.1. The summed E-state index contributed by atoms with van der Waals surface area (Å²) in [4.78, 5) is 26.6. The lowest BCUT2D eigenvalue weighted by Crippen LogP contribution is -2.14. The summed E-state index contributed by atoms with van der Waals surface area (Å²) < 4.78 is 10.8. The van der Waals surface area contributed by atoms with Crippen molar-refractivity contribution in [2.24, 2.45) is 0 Å². The van der Waals surface area contributed by atoms with Crippen LogP contribution in [-0.4, -0.2) is 19.0 Å². The van der Waals surface area contributed by atoms with E-state index in [2.05, 4.69) is 5.32 Å². The number of esters is 1. The van der Waals surface area contributed by atoms with Crippen LogP contribution in [0.2, 0.25) is 0 Å². The van der Waals surface area contributed by atoms with Crippen LogP contribution in [0.15, 0.2) is 91.0 Å². The van der Waals surface area contributed by atoms with Gasteiger partial charge in [0.25, 0.3) is 5.91 Å². The molecule has 1 amide bonds. The van der Waals surface area contributed by atoms with E-state index in [0.717, 1.165) is 10.4 Å². The number of methoxy groups -OCH3 is 1. The Kier molecular flexibility index (Phi) is 6.10. The van der Waals surface area contributed by atoms with E-state index in [1.54, 1.807) is 30.3 Å². The van der Waals surface area contributed by atoms with E-state index >= 15 is 0 Å². The fourth-order valence-corrected chi connectivity index (χ4v) is 4.06. The summed E-state index contributed by atoms with van der Waals surface area (Å²) >= 11 is 1.27. The quantitative estimate of drug-likeness (QED) is 0.368. The molecule has 0 atom stereocenters. The number of para-hydroxylation sites is 2. The summed E-state index contributed by atoms with van der Waals surface area (Å²) in [7, 11) is 1.32. The average molecular weight is 429 g/mol. The summed E-state index contributed by atoms with van der Waals surface area (Å²) in [5, 5.41) is 2.85. The van der Waals surface area contributed by atoms with Crippen molar-refractivity contribution in [1.82, 2.24) is 0 Å². The Labute approximate surface area is 183 Å². The molecule has 0 aliphatic rings. The number of rotatable bonds is 6. The van der Waals surface area contributed by atoms with Gasteiger partial charge in [0, 0.05) is 4.88 Å². The van der Waals surface area contributed by atoms with E-state index < -0.39 is 5.97 Å². The molecule has 0 saturated heterocycles. The highest BCUT2D eigenvalue weighted by Gasteiger charge is 2.21. The summed E-state index contributed by atoms with van der Waals surface area (Å²) in [5.74, 6) is 0.162. The van der Waals surface area contributed by atoms with E-state index in [9.17, 15) is 9.59 Å². The van der Waals surface area contributed by atoms with Crippen molar-refractivity contribution in [2.75, 3.05) is 12.4 Å². The first-order valence-corrected chi connectivity index (χ1v) is 10.4. The zero-order valence-electron chi connectivity index (χ0n) is 16.7. The molecule has 5 nitrogen and oxygen atoms in total. The van der Waals surface area contributed by atoms with Gasteiger partial charge in [0.15, 0.2) is 0 Å². The van der Waals surface area contributed by atoms with Gasteiger partial charge < -0.3 is 14.8 Å². The normalized spacial score (nSPS) is 10.4. The molecule has 0 aliphatic heterocycles. The van der Waals surface area contributed by atoms with E-state index in [0.29, 0.717) is 27.6 Å². The molecule has 1 aromatic heterocycles. The van der Waals surface area contributed by atoms with Crippen LogP contribution in [0.5, 0.6) is 11.5 Å². The van der Waals surface area contributed by atoms with E-state index in [-0.39, 0.29) is 5.91 Å². The molecule has 0 bridgehead atoms. The molecule has 0 fully saturated rings. The van der Waals surface area contributed by atoms with E-state index in [1.165, 1.54) is 18.4 Å². The Morgan fingerprint density at radius 2 is 1.48 bits per heavy atom. The maximum absolute atomic E-state index is 13.1. The molecule has 3 aromatic carbocycles. The number of benzene rings is 3. The fourth-order valence-electron chi connectivity index (χ4n) is 3.02. The number of thiophene rings is 1. The smallest absolute Gasteiger partial charge is 0.350 e. The molecule has 4 rings (SSSR count). The first-order chi connectivity index (χ1) is 15.2. The number of anilines is 1. The van der Waals surface area contributed by atoms with Crippen molar-refractivity contribution in [3.63, 3.8) is 0 Å². The molecule has 1 heterocycles. The van der Waals surface area contributed by atoms with Crippen molar-refractivity contribution in [3.8, 4) is 21.9 Å². The van der Waals surface area contributed by atoms with Crippen molar-refractivity contribution < 1.29 is 19.1 Å². The monoisotopic (exact) mass is 429 g/mol. The molecule has 0 unspecified atom stereocenters. The number of nitrogens with one attached hydrogen (secondary N) is 1. The maximum Gasteiger partial charge on any atom is 0.350 e. The minimum absolute atomic E-state index is 0.330. The van der Waals surface area contributed by atoms with Gasteiger partial charge in [0.05, 0.1) is 18.4 Å². The molecule has 31 heavy (non-hydrogen) atoms. The van der Waals surface area contributed by atoms with Crippen LogP contribution >= 0.6 is 11.3 Å². The molecule has 0 saturated carbocycles. The van der Waals surface area contributed by atoms with Gasteiger partial charge >= 0.3 is 5.97 Å². The minimum atomic E-state index is -0.503. The molecule has 154 valence electrons. The van der Waals surface area contributed by atoms with Gasteiger partial charge in [-0.05, 0) is 35.9 Å². The number of hydrogen-bond donors (Lipinski definition) is 1. The third-order valence-electron chi connectivity index (χ3n) is 4.51. The number of ether oxygens (including phenoxy) is 2. The van der Waals surface area contributed by atoms with Crippen LogP contribution < -0.4 is 10.1 Å². The van der Waals surface area contributed by atoms with Crippen LogP contribution in [-0.2, 0) is 4.74 Å². The Morgan fingerprint density at radius 3 is 2.19 bits per heavy atom. The van der Waals surface area contributed by atoms with E-state index in [1.807, 2.05) is 60.7 Å². The molecule has 4 aromatic rings. The predicted octanol–water partition coefficient (Wildman–Crippen LogP) is 6.25. The zero-order chi connectivity index (χ0) is 21.6. The summed E-state index contributed by atoms with van der Waals surface area (Å²) in [6.45, 7) is 0. The number of carbonyl (C=O) groups excluding carboxylic acids is 2. The zero-order valence-corrected chi connectivity index (χ0v) is 17.5. The number of amides is 1. The second-order valence-corrected chi connectivity index (χ2v) is 7.63. The number of carbonyl (C=O) groups is 2. The van der Waals surface area contributed by atoms with Crippen LogP contribution in [0, 0.1) is 0 Å². The Hall–Kier alpha value is -3.90. The second-order valence-electron chi connectivity index (χ2n) is 6.58. The fraction of sp³-hybridized carbons (Fsp3) is 0.0400. The first kappa shape index (κ1) is 20.4. The highest BCUT2D eigenvalue weighted by atomic mass is 32.1. The van der Waals surface area contributed by atoms with Crippen molar-refractivity contribution >= 4 is 28.9 Å². The lowest BCUT2D eigenvalue weighted by Gasteiger charge is -2.11. The molecular formula is C25H19NO4S. The standard InChI is InChI=1S/C25H19NO4S/c1-29-25(28)23-20(16-22(31-23)17-10-4-2-5-11-17)26-24(27)19-14-8-9-15-21(19)30-18-12-6-3-7-13-18/h2-16H,1H3,(H,26,27). The molecule has 6 heteroatoms. The number of hydrogen-bond acceptors (Lipinski definition) is 5. The minimum Gasteiger partial charge on any atom is -0.465 e. The third kappa shape index (κ3) is 4.65. The molecule has 0 spiro atoms. The van der Waals surface area contributed by atoms with E-state index in [4.69, 9.17) is 9.47 Å². The molecule has 1 N–H and O–H groups in total. The summed E-state index contributed by atoms with van der Waals surface area (Å²) in [5.41, 5.74) is 1.70. The topological polar surface area (TPSA) is 64.6 Å². The van der Waals surface area contributed by atoms with Crippen molar-refractivity contribution in [3.05, 3.63) is 101 Å². The van der Waals surface area contributed by atoms with Crippen LogP contribution in [0.25, 0.3) is 10.4 Å². The van der Waals surface area contributed by atoms with Gasteiger partial charge in [-0.2, -0.15) is 0 Å². The first-order valence-electron chi connectivity index (χ1n) is 9.56. The largest absolute Gasteiger partial charge is 0.465 e. The van der Waals surface area contributed by atoms with Crippen LogP contribution in [0.3, 0.4) is 0 Å². The van der Waals surface area contributed by atoms with Gasteiger partial charge in [0.2, 0.25) is 0 Å². The third-order valence-corrected chi connectivity index (χ3v) is 5.68. The lowest BCUT2D eigenvalue weighted by molar-refractivity contribution is 0.0607. The highest BCUT2D eigenvalue weighted by Crippen LogP contribution is 2.36. The van der Waals surface area contributed by atoms with Crippen molar-refractivity contribution in [2.45, 2.75) is 0 Å². The molecule has 0 radical (unpaired) electrons. The van der Waals surface area contributed by atoms with Gasteiger partial charge in [-0.15, -0.1) is 11.3 Å². The SMILES string of the molecule is COC(=O)c1sc(-c2ccccc2)cc1NC(=O)c1ccccc1Oc1ccccc1. The van der Waals surface area contributed by atoms with Gasteiger partial charge in [-0.25, -0.2) is 4.79 Å². The Bertz CT molecular complexity index is 1200. The van der Waals surface area contributed by atoms with Crippen LogP contribution in [0.1, 0.15) is 20.0 Å².